The van der Waals surface area contributed by atoms with Crippen LogP contribution in [0.3, 0.4) is 0 Å². The summed E-state index contributed by atoms with van der Waals surface area (Å²) in [6.07, 6.45) is 5.41. The molecule has 1 atom stereocenters. The third-order valence-corrected chi connectivity index (χ3v) is 9.36. The maximum absolute atomic E-state index is 12.0. The molecule has 0 saturated carbocycles. The van der Waals surface area contributed by atoms with Gasteiger partial charge in [0.2, 0.25) is 5.54 Å². The van der Waals surface area contributed by atoms with Crippen molar-refractivity contribution in [3.8, 4) is 0 Å². The molecule has 0 amide bonds. The van der Waals surface area contributed by atoms with Gasteiger partial charge in [-0.1, -0.05) is 60.7 Å². The molecule has 55 heavy (non-hydrogen) atoms. The van der Waals surface area contributed by atoms with Gasteiger partial charge in [0.15, 0.2) is 0 Å². The first-order valence-electron chi connectivity index (χ1n) is 17.3. The lowest BCUT2D eigenvalue weighted by molar-refractivity contribution is -0.549. The van der Waals surface area contributed by atoms with Crippen LogP contribution in [0.1, 0.15) is 13.3 Å². The summed E-state index contributed by atoms with van der Waals surface area (Å²) in [7, 11) is 0. The summed E-state index contributed by atoms with van der Waals surface area (Å²) in [6, 6.07) is 47.5. The van der Waals surface area contributed by atoms with Gasteiger partial charge in [0.25, 0.3) is 11.4 Å². The van der Waals surface area contributed by atoms with Gasteiger partial charge in [0, 0.05) is 76.7 Å². The van der Waals surface area contributed by atoms with E-state index in [0.717, 1.165) is 22.8 Å². The highest BCUT2D eigenvalue weighted by atomic mass is 16.6. The number of hydrogen-bond donors (Lipinski definition) is 0. The number of non-ortho nitro benzene ring substituents is 2. The van der Waals surface area contributed by atoms with Crippen molar-refractivity contribution in [2.45, 2.75) is 18.9 Å². The van der Waals surface area contributed by atoms with E-state index in [9.17, 15) is 30.3 Å². The van der Waals surface area contributed by atoms with E-state index in [-0.39, 0.29) is 22.7 Å². The number of nitrogens with zero attached hydrogens (tertiary/aromatic N) is 6. The van der Waals surface area contributed by atoms with Crippen LogP contribution in [0.2, 0.25) is 0 Å². The summed E-state index contributed by atoms with van der Waals surface area (Å²) < 4.78 is 0. The maximum atomic E-state index is 12.0. The topological polar surface area (TPSA) is 139 Å². The number of rotatable bonds is 12. The van der Waals surface area contributed by atoms with Crippen LogP contribution in [0.5, 0.6) is 0 Å². The Balaban J connectivity index is 1.51. The smallest absolute Gasteiger partial charge is 0.269 e. The minimum Gasteiger partial charge on any atom is -0.311 e. The van der Waals surface area contributed by atoms with E-state index in [4.69, 9.17) is 0 Å². The molecule has 1 aliphatic rings. The molecule has 0 aliphatic heterocycles. The largest absolute Gasteiger partial charge is 0.311 e. The fraction of sp³-hybridized carbons (Fsp3) is 0.0698. The Morgan fingerprint density at radius 1 is 0.473 bits per heavy atom. The summed E-state index contributed by atoms with van der Waals surface area (Å²) in [5.74, 6) is 0. The zero-order valence-corrected chi connectivity index (χ0v) is 29.6. The van der Waals surface area contributed by atoms with Crippen molar-refractivity contribution in [2.24, 2.45) is 0 Å². The average molecular weight is 731 g/mol. The van der Waals surface area contributed by atoms with Gasteiger partial charge in [-0.05, 0) is 91.0 Å². The third-order valence-electron chi connectivity index (χ3n) is 9.36. The fourth-order valence-corrected chi connectivity index (χ4v) is 6.50. The Hall–Kier alpha value is -7.60. The van der Waals surface area contributed by atoms with Crippen molar-refractivity contribution < 1.29 is 14.8 Å². The normalized spacial score (nSPS) is 14.7. The van der Waals surface area contributed by atoms with Crippen molar-refractivity contribution in [3.05, 3.63) is 212 Å². The number of allylic oxidation sites excluding steroid dienone is 1. The first-order chi connectivity index (χ1) is 26.6. The highest BCUT2D eigenvalue weighted by Crippen LogP contribution is 2.45. The Morgan fingerprint density at radius 2 is 0.818 bits per heavy atom. The molecule has 7 rings (SSSR count). The minimum atomic E-state index is -1.26. The number of nitro benzene ring substituents is 2. The monoisotopic (exact) mass is 730 g/mol. The number of anilines is 8. The van der Waals surface area contributed by atoms with E-state index in [1.54, 1.807) is 43.3 Å². The summed E-state index contributed by atoms with van der Waals surface area (Å²) in [4.78, 5) is 40.2. The number of benzene rings is 6. The molecule has 0 fully saturated rings. The first-order valence-corrected chi connectivity index (χ1v) is 17.3. The third kappa shape index (κ3) is 7.50. The summed E-state index contributed by atoms with van der Waals surface area (Å²) in [5, 5.41) is 35.3. The van der Waals surface area contributed by atoms with Crippen molar-refractivity contribution in [3.63, 3.8) is 0 Å². The highest BCUT2D eigenvalue weighted by molar-refractivity contribution is 5.88. The van der Waals surface area contributed by atoms with E-state index < -0.39 is 15.4 Å². The van der Waals surface area contributed by atoms with Crippen molar-refractivity contribution in [2.75, 3.05) is 14.7 Å². The minimum absolute atomic E-state index is 0.0485. The lowest BCUT2D eigenvalue weighted by Gasteiger charge is -2.34. The van der Waals surface area contributed by atoms with Crippen LogP contribution in [0.4, 0.5) is 56.9 Å². The second-order valence-corrected chi connectivity index (χ2v) is 13.0. The SMILES string of the molecule is CC1([N+](=O)[O-])C=CC(N(c2ccccc2)c2cc(N(c3ccccc3)c3ccc([N+](=O)[O-])cc3)cc(N(c3ccccc3)c3ccc([N+](=O)[O-])cc3)c2)=CC1. The van der Waals surface area contributed by atoms with Crippen LogP contribution in [0, 0.1) is 30.3 Å². The van der Waals surface area contributed by atoms with Crippen LogP contribution < -0.4 is 14.7 Å². The zero-order chi connectivity index (χ0) is 38.5. The van der Waals surface area contributed by atoms with Crippen molar-refractivity contribution >= 4 is 56.9 Å². The number of para-hydroxylation sites is 3. The van der Waals surface area contributed by atoms with Crippen LogP contribution >= 0.6 is 0 Å². The lowest BCUT2D eigenvalue weighted by atomic mass is 9.92. The summed E-state index contributed by atoms with van der Waals surface area (Å²) in [5.41, 5.74) is 5.11. The molecule has 0 bridgehead atoms. The number of nitro groups is 3. The maximum Gasteiger partial charge on any atom is 0.269 e. The Labute approximate surface area is 316 Å². The molecule has 12 heteroatoms. The molecular formula is C43H34N6O6. The van der Waals surface area contributed by atoms with Crippen LogP contribution in [0.25, 0.3) is 0 Å². The van der Waals surface area contributed by atoms with Gasteiger partial charge in [0.1, 0.15) is 0 Å². The van der Waals surface area contributed by atoms with Gasteiger partial charge in [0.05, 0.1) is 26.9 Å². The predicted octanol–water partition coefficient (Wildman–Crippen LogP) is 11.5. The second-order valence-electron chi connectivity index (χ2n) is 13.0. The van der Waals surface area contributed by atoms with E-state index >= 15 is 0 Å². The van der Waals surface area contributed by atoms with Gasteiger partial charge in [-0.3, -0.25) is 30.3 Å². The Morgan fingerprint density at radius 3 is 1.15 bits per heavy atom. The molecule has 0 heterocycles. The van der Waals surface area contributed by atoms with E-state index in [0.29, 0.717) is 28.4 Å². The Bertz CT molecular complexity index is 2290. The molecule has 0 spiro atoms. The molecular weight excluding hydrogens is 697 g/mol. The van der Waals surface area contributed by atoms with Gasteiger partial charge < -0.3 is 14.7 Å². The van der Waals surface area contributed by atoms with Gasteiger partial charge in [-0.25, -0.2) is 0 Å². The lowest BCUT2D eigenvalue weighted by Crippen LogP contribution is -2.34. The second kappa shape index (κ2) is 15.2. The average Bonchev–Trinajstić information content (AvgIpc) is 3.20. The zero-order valence-electron chi connectivity index (χ0n) is 29.6. The molecule has 0 aromatic heterocycles. The van der Waals surface area contributed by atoms with Crippen molar-refractivity contribution in [1.29, 1.82) is 0 Å². The van der Waals surface area contributed by atoms with Gasteiger partial charge in [-0.15, -0.1) is 0 Å². The molecule has 0 radical (unpaired) electrons. The quantitative estimate of drug-likeness (QED) is 0.0888. The molecule has 6 aromatic carbocycles. The first kappa shape index (κ1) is 35.8. The van der Waals surface area contributed by atoms with E-state index in [2.05, 4.69) is 0 Å². The molecule has 0 N–H and O–H groups in total. The molecule has 0 saturated heterocycles. The van der Waals surface area contributed by atoms with E-state index in [1.165, 1.54) is 24.3 Å². The van der Waals surface area contributed by atoms with Crippen LogP contribution in [0.15, 0.2) is 182 Å². The fourth-order valence-electron chi connectivity index (χ4n) is 6.50. The highest BCUT2D eigenvalue weighted by Gasteiger charge is 2.36. The van der Waals surface area contributed by atoms with Gasteiger partial charge >= 0.3 is 0 Å². The standard InChI is InChI=1S/C43H34N6O6/c1-43(49(54)55)27-25-37(26-28-43)46(34-15-9-4-10-16-34)42-30-40(44(32-11-5-2-6-12-32)35-17-21-38(22-18-35)47(50)51)29-41(31-42)45(33-13-7-3-8-14-33)36-19-23-39(24-20-36)48(52)53/h2-27,29-31H,28H2,1H3. The molecule has 1 unspecified atom stereocenters. The molecule has 272 valence electrons. The molecule has 1 aliphatic carbocycles. The molecule has 12 nitrogen and oxygen atoms in total. The number of hydrogen-bond acceptors (Lipinski definition) is 9. The van der Waals surface area contributed by atoms with Gasteiger partial charge in [-0.2, -0.15) is 0 Å². The summed E-state index contributed by atoms with van der Waals surface area (Å²) >= 11 is 0. The van der Waals surface area contributed by atoms with Crippen molar-refractivity contribution in [1.82, 2.24) is 0 Å². The van der Waals surface area contributed by atoms with E-state index in [1.807, 2.05) is 130 Å². The predicted molar refractivity (Wildman–Crippen MR) is 215 cm³/mol. The molecule has 6 aromatic rings. The van der Waals surface area contributed by atoms with Crippen LogP contribution in [-0.4, -0.2) is 20.3 Å². The Kier molecular flexibility index (Phi) is 9.87. The summed E-state index contributed by atoms with van der Waals surface area (Å²) in [6.45, 7) is 1.59. The van der Waals surface area contributed by atoms with Crippen LogP contribution in [-0.2, 0) is 0 Å².